The molecule has 4 fully saturated rings. The number of urea groups is 1. The van der Waals surface area contributed by atoms with Crippen LogP contribution in [-0.4, -0.2) is 30.8 Å². The van der Waals surface area contributed by atoms with Crippen LogP contribution in [0.2, 0.25) is 0 Å². The molecule has 6 rings (SSSR count). The number of hydrogen-bond donors (Lipinski definition) is 2. The lowest BCUT2D eigenvalue weighted by Crippen LogP contribution is -2.62. The Hall–Kier alpha value is -1.91. The molecule has 1 heterocycles. The molecule has 1 aromatic carbocycles. The summed E-state index contributed by atoms with van der Waals surface area (Å²) in [6.45, 7) is 0.932. The summed E-state index contributed by atoms with van der Waals surface area (Å²) in [5, 5.41) is 6.34. The van der Waals surface area contributed by atoms with Crippen LogP contribution in [0.4, 0.5) is 4.79 Å². The molecule has 4 bridgehead atoms. The number of carbonyl (C=O) groups excluding carboxylic acids is 1. The predicted octanol–water partition coefficient (Wildman–Crippen LogP) is 3.09. The van der Waals surface area contributed by atoms with E-state index >= 15 is 0 Å². The Morgan fingerprint density at radius 1 is 1.04 bits per heavy atom. The van der Waals surface area contributed by atoms with Crippen LogP contribution in [-0.2, 0) is 0 Å². The minimum Gasteiger partial charge on any atom is -0.486 e. The predicted molar refractivity (Wildman–Crippen MR) is 93.8 cm³/mol. The number of ether oxygens (including phenoxy) is 2. The highest BCUT2D eigenvalue weighted by molar-refractivity contribution is 5.75. The van der Waals surface area contributed by atoms with Crippen LogP contribution in [0.3, 0.4) is 0 Å². The van der Waals surface area contributed by atoms with Crippen molar-refractivity contribution in [3.8, 4) is 11.5 Å². The van der Waals surface area contributed by atoms with E-state index in [1.54, 1.807) is 0 Å². The van der Waals surface area contributed by atoms with Crippen LogP contribution >= 0.6 is 0 Å². The molecule has 2 amide bonds. The molecule has 25 heavy (non-hydrogen) atoms. The van der Waals surface area contributed by atoms with E-state index in [1.807, 2.05) is 24.3 Å². The lowest BCUT2D eigenvalue weighted by atomic mass is 9.53. The van der Waals surface area contributed by atoms with E-state index in [2.05, 4.69) is 10.6 Å². The summed E-state index contributed by atoms with van der Waals surface area (Å²) in [4.78, 5) is 12.5. The van der Waals surface area contributed by atoms with Gasteiger partial charge in [0.25, 0.3) is 0 Å². The Kier molecular flexibility index (Phi) is 3.57. The Morgan fingerprint density at radius 2 is 1.68 bits per heavy atom. The Labute approximate surface area is 148 Å². The number of amides is 2. The van der Waals surface area contributed by atoms with E-state index in [0.29, 0.717) is 13.2 Å². The molecular formula is C20H26N2O3. The molecule has 5 nitrogen and oxygen atoms in total. The van der Waals surface area contributed by atoms with Crippen molar-refractivity contribution in [3.05, 3.63) is 24.3 Å². The van der Waals surface area contributed by atoms with Crippen molar-refractivity contribution in [2.45, 2.75) is 50.2 Å². The van der Waals surface area contributed by atoms with Gasteiger partial charge < -0.3 is 20.1 Å². The van der Waals surface area contributed by atoms with Crippen molar-refractivity contribution in [2.75, 3.05) is 13.2 Å². The van der Waals surface area contributed by atoms with Crippen LogP contribution in [0.25, 0.3) is 0 Å². The molecule has 0 spiro atoms. The first-order valence-corrected chi connectivity index (χ1v) is 9.62. The minimum absolute atomic E-state index is 0.0509. The van der Waals surface area contributed by atoms with Crippen molar-refractivity contribution in [2.24, 2.45) is 17.8 Å². The van der Waals surface area contributed by atoms with Gasteiger partial charge in [0.2, 0.25) is 0 Å². The van der Waals surface area contributed by atoms with Gasteiger partial charge in [-0.05, 0) is 68.4 Å². The molecular weight excluding hydrogens is 316 g/mol. The summed E-state index contributed by atoms with van der Waals surface area (Å²) in [5.74, 6) is 4.02. The summed E-state index contributed by atoms with van der Waals surface area (Å²) in [6.07, 6.45) is 7.52. The average Bonchev–Trinajstić information content (AvgIpc) is 2.58. The molecule has 4 aliphatic carbocycles. The van der Waals surface area contributed by atoms with Crippen molar-refractivity contribution in [1.82, 2.24) is 10.6 Å². The molecule has 0 radical (unpaired) electrons. The zero-order chi connectivity index (χ0) is 16.9. The first-order valence-electron chi connectivity index (χ1n) is 9.62. The summed E-state index contributed by atoms with van der Waals surface area (Å²) in [5.41, 5.74) is 0.0509. The molecule has 1 aromatic rings. The van der Waals surface area contributed by atoms with Gasteiger partial charge in [0.15, 0.2) is 17.6 Å². The molecule has 1 aliphatic heterocycles. The van der Waals surface area contributed by atoms with Gasteiger partial charge in [-0.1, -0.05) is 12.1 Å². The Bertz CT molecular complexity index is 639. The monoisotopic (exact) mass is 342 g/mol. The van der Waals surface area contributed by atoms with E-state index in [0.717, 1.165) is 29.3 Å². The van der Waals surface area contributed by atoms with E-state index in [1.165, 1.54) is 38.5 Å². The SMILES string of the molecule is O=C(NCC1COc2ccccc2O1)NC12CC3CC(CC(C3)C1)C2. The molecule has 0 aromatic heterocycles. The van der Waals surface area contributed by atoms with E-state index < -0.39 is 0 Å². The van der Waals surface area contributed by atoms with Gasteiger partial charge in [-0.25, -0.2) is 4.79 Å². The lowest BCUT2D eigenvalue weighted by Gasteiger charge is -2.56. The van der Waals surface area contributed by atoms with E-state index in [9.17, 15) is 4.79 Å². The summed E-state index contributed by atoms with van der Waals surface area (Å²) >= 11 is 0. The number of hydrogen-bond acceptors (Lipinski definition) is 3. The molecule has 1 atom stereocenters. The average molecular weight is 342 g/mol. The number of fused-ring (bicyclic) bond motifs is 1. The fourth-order valence-corrected chi connectivity index (χ4v) is 5.92. The smallest absolute Gasteiger partial charge is 0.315 e. The highest BCUT2D eigenvalue weighted by atomic mass is 16.6. The number of para-hydroxylation sites is 2. The van der Waals surface area contributed by atoms with Crippen LogP contribution in [0.1, 0.15) is 38.5 Å². The second-order valence-corrected chi connectivity index (χ2v) is 8.53. The van der Waals surface area contributed by atoms with Gasteiger partial charge >= 0.3 is 6.03 Å². The van der Waals surface area contributed by atoms with Gasteiger partial charge in [0, 0.05) is 5.54 Å². The maximum atomic E-state index is 12.5. The lowest BCUT2D eigenvalue weighted by molar-refractivity contribution is -0.0137. The van der Waals surface area contributed by atoms with Crippen molar-refractivity contribution in [1.29, 1.82) is 0 Å². The van der Waals surface area contributed by atoms with Crippen LogP contribution in [0.15, 0.2) is 24.3 Å². The summed E-state index contributed by atoms with van der Waals surface area (Å²) in [6, 6.07) is 7.61. The first kappa shape index (κ1) is 15.4. The second-order valence-electron chi connectivity index (χ2n) is 8.53. The second kappa shape index (κ2) is 5.82. The molecule has 134 valence electrons. The highest BCUT2D eigenvalue weighted by Crippen LogP contribution is 2.55. The standard InChI is InChI=1S/C20H26N2O3/c23-19(21-11-16-12-24-17-3-1-2-4-18(17)25-16)22-20-8-13-5-14(9-20)7-15(6-13)10-20/h1-4,13-16H,5-12H2,(H2,21,22,23). The number of nitrogens with one attached hydrogen (secondary N) is 2. The van der Waals surface area contributed by atoms with Crippen LogP contribution in [0, 0.1) is 17.8 Å². The maximum Gasteiger partial charge on any atom is 0.315 e. The first-order chi connectivity index (χ1) is 12.2. The molecule has 2 N–H and O–H groups in total. The zero-order valence-corrected chi connectivity index (χ0v) is 14.5. The molecule has 5 aliphatic rings. The van der Waals surface area contributed by atoms with Gasteiger partial charge in [-0.3, -0.25) is 0 Å². The van der Waals surface area contributed by atoms with Gasteiger partial charge in [0.1, 0.15) is 6.61 Å². The fourth-order valence-electron chi connectivity index (χ4n) is 5.92. The Morgan fingerprint density at radius 3 is 2.36 bits per heavy atom. The van der Waals surface area contributed by atoms with Crippen LogP contribution < -0.4 is 20.1 Å². The number of benzene rings is 1. The van der Waals surface area contributed by atoms with E-state index in [4.69, 9.17) is 9.47 Å². The maximum absolute atomic E-state index is 12.5. The molecule has 5 heteroatoms. The normalized spacial score (nSPS) is 37.6. The third-order valence-electron chi connectivity index (χ3n) is 6.47. The third kappa shape index (κ3) is 2.94. The van der Waals surface area contributed by atoms with Crippen molar-refractivity contribution >= 4 is 6.03 Å². The topological polar surface area (TPSA) is 59.6 Å². The van der Waals surface area contributed by atoms with Crippen LogP contribution in [0.5, 0.6) is 11.5 Å². The van der Waals surface area contributed by atoms with Gasteiger partial charge in [-0.15, -0.1) is 0 Å². The third-order valence-corrected chi connectivity index (χ3v) is 6.47. The fraction of sp³-hybridized carbons (Fsp3) is 0.650. The zero-order valence-electron chi connectivity index (χ0n) is 14.5. The van der Waals surface area contributed by atoms with Gasteiger partial charge in [0.05, 0.1) is 6.54 Å². The van der Waals surface area contributed by atoms with Crippen molar-refractivity contribution < 1.29 is 14.3 Å². The summed E-state index contributed by atoms with van der Waals surface area (Å²) in [7, 11) is 0. The quantitative estimate of drug-likeness (QED) is 0.887. The van der Waals surface area contributed by atoms with Gasteiger partial charge in [-0.2, -0.15) is 0 Å². The molecule has 1 unspecified atom stereocenters. The largest absolute Gasteiger partial charge is 0.486 e. The number of rotatable bonds is 3. The highest BCUT2D eigenvalue weighted by Gasteiger charge is 2.51. The van der Waals surface area contributed by atoms with E-state index in [-0.39, 0.29) is 17.7 Å². The molecule has 0 saturated heterocycles. The number of carbonyl (C=O) groups is 1. The van der Waals surface area contributed by atoms with Crippen molar-refractivity contribution in [3.63, 3.8) is 0 Å². The molecule has 4 saturated carbocycles. The Balaban J connectivity index is 1.16. The minimum atomic E-state index is -0.142. The summed E-state index contributed by atoms with van der Waals surface area (Å²) < 4.78 is 11.6.